The van der Waals surface area contributed by atoms with Gasteiger partial charge < -0.3 is 5.11 Å². The number of H-pyrrole nitrogens is 2. The minimum Gasteiger partial charge on any atom is -0.505 e. The predicted molar refractivity (Wildman–Crippen MR) is 137 cm³/mol. The maximum absolute atomic E-state index is 13.2. The zero-order valence-electron chi connectivity index (χ0n) is 19.5. The van der Waals surface area contributed by atoms with Crippen molar-refractivity contribution in [3.63, 3.8) is 0 Å². The summed E-state index contributed by atoms with van der Waals surface area (Å²) in [5.41, 5.74) is 12.9. The van der Waals surface area contributed by atoms with Crippen LogP contribution in [0.25, 0.3) is 28.2 Å². The summed E-state index contributed by atoms with van der Waals surface area (Å²) in [4.78, 5) is 13.2. The van der Waals surface area contributed by atoms with Crippen molar-refractivity contribution in [2.75, 3.05) is 10.9 Å². The van der Waals surface area contributed by atoms with Gasteiger partial charge in [-0.25, -0.2) is 4.68 Å². The number of rotatable bonds is 6. The van der Waals surface area contributed by atoms with E-state index in [0.717, 1.165) is 36.1 Å². The number of hydrogen-bond donors (Lipinski definition) is 5. The van der Waals surface area contributed by atoms with Crippen molar-refractivity contribution in [3.05, 3.63) is 87.8 Å². The Morgan fingerprint density at radius 2 is 1.81 bits per heavy atom. The molecule has 3 aromatic carbocycles. The standard InChI is InChI=1S/C26H24N8O2/c1-15-23(26(36)34(31-15)20-12-11-16-5-2-6-17(16)14-20)28-27-22-10-4-9-21(24(22)35)18-7-3-8-19(13-18)25-29-32-33-30-25/h3-4,7-14,27-28,31,35H,2,5-6H2,1H3,(H,29,30,32,33). The maximum atomic E-state index is 13.2. The minimum absolute atomic E-state index is 0.0439. The Morgan fingerprint density at radius 3 is 2.67 bits per heavy atom. The first-order chi connectivity index (χ1) is 17.6. The number of benzene rings is 3. The molecule has 1 aliphatic carbocycles. The van der Waals surface area contributed by atoms with E-state index in [9.17, 15) is 9.90 Å². The Morgan fingerprint density at radius 1 is 0.972 bits per heavy atom. The fraction of sp³-hybridized carbons (Fsp3) is 0.154. The molecule has 0 unspecified atom stereocenters. The summed E-state index contributed by atoms with van der Waals surface area (Å²) < 4.78 is 1.54. The summed E-state index contributed by atoms with van der Waals surface area (Å²) in [5.74, 6) is 0.511. The van der Waals surface area contributed by atoms with Gasteiger partial charge in [-0.1, -0.05) is 36.4 Å². The van der Waals surface area contributed by atoms with Crippen molar-refractivity contribution < 1.29 is 5.11 Å². The first kappa shape index (κ1) is 21.7. The molecule has 0 saturated carbocycles. The highest BCUT2D eigenvalue weighted by Gasteiger charge is 2.17. The third kappa shape index (κ3) is 3.78. The van der Waals surface area contributed by atoms with Crippen molar-refractivity contribution in [1.29, 1.82) is 0 Å². The number of para-hydroxylation sites is 1. The number of nitrogens with zero attached hydrogens (tertiary/aromatic N) is 4. The summed E-state index contributed by atoms with van der Waals surface area (Å²) in [7, 11) is 0. The van der Waals surface area contributed by atoms with Crippen molar-refractivity contribution >= 4 is 11.4 Å². The zero-order valence-corrected chi connectivity index (χ0v) is 19.5. The Hall–Kier alpha value is -4.86. The van der Waals surface area contributed by atoms with Crippen LogP contribution < -0.4 is 16.4 Å². The van der Waals surface area contributed by atoms with E-state index in [4.69, 9.17) is 0 Å². The number of tetrazole rings is 1. The molecule has 10 nitrogen and oxygen atoms in total. The second kappa shape index (κ2) is 8.73. The van der Waals surface area contributed by atoms with E-state index in [1.165, 1.54) is 15.8 Å². The number of hydrazine groups is 1. The van der Waals surface area contributed by atoms with E-state index in [1.54, 1.807) is 6.07 Å². The van der Waals surface area contributed by atoms with Gasteiger partial charge in [0.05, 0.1) is 17.1 Å². The molecule has 0 amide bonds. The number of nitrogens with one attached hydrogen (secondary N) is 4. The Bertz CT molecular complexity index is 1620. The van der Waals surface area contributed by atoms with Gasteiger partial charge >= 0.3 is 0 Å². The topological polar surface area (TPSA) is 137 Å². The van der Waals surface area contributed by atoms with Crippen LogP contribution in [-0.2, 0) is 12.8 Å². The van der Waals surface area contributed by atoms with Crippen LogP contribution in [0.15, 0.2) is 65.5 Å². The first-order valence-electron chi connectivity index (χ1n) is 11.7. The molecule has 0 saturated heterocycles. The molecule has 5 aromatic rings. The van der Waals surface area contributed by atoms with E-state index < -0.39 is 0 Å². The number of phenolic OH excluding ortho intramolecular Hbond substituents is 1. The number of aromatic hydroxyl groups is 1. The first-order valence-corrected chi connectivity index (χ1v) is 11.7. The van der Waals surface area contributed by atoms with Gasteiger partial charge in [0, 0.05) is 11.1 Å². The van der Waals surface area contributed by atoms with Gasteiger partial charge in [-0.15, -0.1) is 10.2 Å². The second-order valence-electron chi connectivity index (χ2n) is 8.83. The summed E-state index contributed by atoms with van der Waals surface area (Å²) in [6.07, 6.45) is 3.28. The smallest absolute Gasteiger partial charge is 0.296 e. The molecular formula is C26H24N8O2. The molecule has 0 spiro atoms. The Labute approximate surface area is 206 Å². The highest BCUT2D eigenvalue weighted by molar-refractivity contribution is 5.80. The number of aromatic amines is 2. The van der Waals surface area contributed by atoms with Gasteiger partial charge in [0.2, 0.25) is 5.82 Å². The van der Waals surface area contributed by atoms with Gasteiger partial charge in [0.1, 0.15) is 11.4 Å². The summed E-state index contributed by atoms with van der Waals surface area (Å²) in [5, 5.41) is 28.2. The quantitative estimate of drug-likeness (QED) is 0.183. The number of fused-ring (bicyclic) bond motifs is 1. The van der Waals surface area contributed by atoms with Crippen LogP contribution in [0.3, 0.4) is 0 Å². The minimum atomic E-state index is -0.207. The van der Waals surface area contributed by atoms with Crippen molar-refractivity contribution in [1.82, 2.24) is 30.4 Å². The molecule has 180 valence electrons. The predicted octanol–water partition coefficient (Wildman–Crippen LogP) is 3.95. The fourth-order valence-electron chi connectivity index (χ4n) is 4.69. The molecule has 0 bridgehead atoms. The number of hydrogen-bond acceptors (Lipinski definition) is 7. The molecule has 5 N–H and O–H groups in total. The number of aryl methyl sites for hydroxylation is 3. The van der Waals surface area contributed by atoms with E-state index in [-0.39, 0.29) is 11.3 Å². The monoisotopic (exact) mass is 480 g/mol. The molecular weight excluding hydrogens is 456 g/mol. The van der Waals surface area contributed by atoms with E-state index >= 15 is 0 Å². The van der Waals surface area contributed by atoms with Crippen LogP contribution in [0, 0.1) is 6.92 Å². The Kier molecular flexibility index (Phi) is 5.25. The van der Waals surface area contributed by atoms with Crippen LogP contribution in [0.4, 0.5) is 11.4 Å². The van der Waals surface area contributed by atoms with E-state index in [2.05, 4.69) is 48.7 Å². The lowest BCUT2D eigenvalue weighted by atomic mass is 10.0. The maximum Gasteiger partial charge on any atom is 0.296 e. The third-order valence-corrected chi connectivity index (χ3v) is 6.55. The molecule has 0 radical (unpaired) electrons. The zero-order chi connectivity index (χ0) is 24.6. The van der Waals surface area contributed by atoms with Crippen LogP contribution in [0.1, 0.15) is 23.2 Å². The number of anilines is 2. The second-order valence-corrected chi connectivity index (χ2v) is 8.83. The van der Waals surface area contributed by atoms with Gasteiger partial charge in [-0.3, -0.25) is 20.7 Å². The highest BCUT2D eigenvalue weighted by atomic mass is 16.3. The lowest BCUT2D eigenvalue weighted by Crippen LogP contribution is -2.20. The highest BCUT2D eigenvalue weighted by Crippen LogP contribution is 2.36. The molecule has 2 aromatic heterocycles. The SMILES string of the molecule is Cc1[nH]n(-c2ccc3c(c2)CCC3)c(=O)c1NNc1cccc(-c2cccc(-c3nn[nH]n3)c2)c1O. The largest absolute Gasteiger partial charge is 0.505 e. The van der Waals surface area contributed by atoms with Crippen molar-refractivity contribution in [2.45, 2.75) is 26.2 Å². The third-order valence-electron chi connectivity index (χ3n) is 6.55. The molecule has 1 aliphatic rings. The molecule has 2 heterocycles. The normalized spacial score (nSPS) is 12.5. The van der Waals surface area contributed by atoms with Gasteiger partial charge in [-0.05, 0) is 72.4 Å². The van der Waals surface area contributed by atoms with Gasteiger partial charge in [0.25, 0.3) is 5.56 Å². The van der Waals surface area contributed by atoms with E-state index in [0.29, 0.717) is 28.5 Å². The van der Waals surface area contributed by atoms with Crippen LogP contribution in [-0.4, -0.2) is 35.5 Å². The van der Waals surface area contributed by atoms with Crippen molar-refractivity contribution in [3.8, 4) is 34.0 Å². The number of phenols is 1. The average molecular weight is 481 g/mol. The van der Waals surface area contributed by atoms with Crippen LogP contribution >= 0.6 is 0 Å². The number of aromatic nitrogens is 6. The average Bonchev–Trinajstić information content (AvgIpc) is 3.65. The molecule has 6 rings (SSSR count). The Balaban J connectivity index is 1.26. The van der Waals surface area contributed by atoms with Crippen LogP contribution in [0.5, 0.6) is 5.75 Å². The fourth-order valence-corrected chi connectivity index (χ4v) is 4.69. The summed E-state index contributed by atoms with van der Waals surface area (Å²) in [6.45, 7) is 1.83. The lowest BCUT2D eigenvalue weighted by molar-refractivity contribution is 0.479. The lowest BCUT2D eigenvalue weighted by Gasteiger charge is -2.13. The molecule has 36 heavy (non-hydrogen) atoms. The molecule has 10 heteroatoms. The van der Waals surface area contributed by atoms with E-state index in [1.807, 2.05) is 49.4 Å². The summed E-state index contributed by atoms with van der Waals surface area (Å²) >= 11 is 0. The summed E-state index contributed by atoms with van der Waals surface area (Å²) in [6, 6.07) is 19.0. The molecule has 0 aliphatic heterocycles. The van der Waals surface area contributed by atoms with Crippen molar-refractivity contribution in [2.24, 2.45) is 0 Å². The van der Waals surface area contributed by atoms with Gasteiger partial charge in [-0.2, -0.15) is 5.21 Å². The van der Waals surface area contributed by atoms with Gasteiger partial charge in [0.15, 0.2) is 0 Å². The molecule has 0 fully saturated rings. The van der Waals surface area contributed by atoms with Crippen LogP contribution in [0.2, 0.25) is 0 Å². The molecule has 0 atom stereocenters.